The molecule has 4 rings (SSSR count). The number of nitriles is 1. The highest BCUT2D eigenvalue weighted by Crippen LogP contribution is 2.37. The first kappa shape index (κ1) is 16.7. The maximum atomic E-state index is 13.2. The number of anilines is 1. The molecule has 0 fully saturated rings. The van der Waals surface area contributed by atoms with E-state index < -0.39 is 0 Å². The Hall–Kier alpha value is -2.72. The lowest BCUT2D eigenvalue weighted by atomic mass is 10.1. The third-order valence-corrected chi connectivity index (χ3v) is 5.87. The minimum absolute atomic E-state index is 0.139. The lowest BCUT2D eigenvalue weighted by molar-refractivity contribution is 0.627. The van der Waals surface area contributed by atoms with Gasteiger partial charge in [0.05, 0.1) is 29.9 Å². The Bertz CT molecular complexity index is 1060. The average molecular weight is 368 g/mol. The first-order valence-corrected chi connectivity index (χ1v) is 9.36. The van der Waals surface area contributed by atoms with E-state index in [2.05, 4.69) is 11.1 Å². The topological polar surface area (TPSA) is 61.4 Å². The van der Waals surface area contributed by atoms with Crippen LogP contribution in [0.1, 0.15) is 35.5 Å². The maximum absolute atomic E-state index is 13.2. The van der Waals surface area contributed by atoms with Crippen LogP contribution in [-0.2, 0) is 13.0 Å². The molecule has 2 aromatic heterocycles. The Balaban J connectivity index is 1.71. The summed E-state index contributed by atoms with van der Waals surface area (Å²) in [6.45, 7) is 3.19. The number of aromatic nitrogens is 2. The van der Waals surface area contributed by atoms with Gasteiger partial charge in [0, 0.05) is 23.2 Å². The van der Waals surface area contributed by atoms with Crippen molar-refractivity contribution in [3.05, 3.63) is 62.8 Å². The molecule has 7 heteroatoms. The maximum Gasteiger partial charge on any atom is 0.259 e. The molecule has 1 aromatic carbocycles. The molecule has 3 aromatic rings. The number of hydrogen-bond donors (Lipinski definition) is 0. The number of halogens is 1. The minimum atomic E-state index is -0.275. The lowest BCUT2D eigenvalue weighted by Crippen LogP contribution is -2.25. The molecule has 132 valence electrons. The zero-order valence-corrected chi connectivity index (χ0v) is 15.1. The third kappa shape index (κ3) is 2.76. The number of hydrogen-bond acceptors (Lipinski definition) is 5. The summed E-state index contributed by atoms with van der Waals surface area (Å²) in [5, 5.41) is 9.32. The molecule has 0 saturated carbocycles. The van der Waals surface area contributed by atoms with Crippen LogP contribution >= 0.6 is 11.3 Å². The third-order valence-electron chi connectivity index (χ3n) is 4.75. The Kier molecular flexibility index (Phi) is 4.21. The van der Waals surface area contributed by atoms with Gasteiger partial charge in [-0.15, -0.1) is 11.3 Å². The van der Waals surface area contributed by atoms with Crippen molar-refractivity contribution >= 4 is 22.0 Å². The van der Waals surface area contributed by atoms with Crippen molar-refractivity contribution < 1.29 is 4.39 Å². The smallest absolute Gasteiger partial charge is 0.259 e. The van der Waals surface area contributed by atoms with E-state index in [4.69, 9.17) is 0 Å². The summed E-state index contributed by atoms with van der Waals surface area (Å²) in [7, 11) is 0. The van der Waals surface area contributed by atoms with Gasteiger partial charge in [-0.05, 0) is 44.0 Å². The number of thiazole rings is 1. The highest BCUT2D eigenvalue weighted by atomic mass is 32.1. The standard InChI is InChI=1S/C19H17FN4OS/c1-2-23(15-6-4-13(20)5-7-15)11-14-9-17(25)24-18-12(10-21)3-8-16(18)26-19(24)22-14/h4-7,9,12H,2-3,8,11H2,1H3. The van der Waals surface area contributed by atoms with Crippen LogP contribution in [0, 0.1) is 17.1 Å². The summed E-state index contributed by atoms with van der Waals surface area (Å²) < 4.78 is 14.7. The second kappa shape index (κ2) is 6.54. The van der Waals surface area contributed by atoms with Gasteiger partial charge in [0.1, 0.15) is 5.82 Å². The lowest BCUT2D eigenvalue weighted by Gasteiger charge is -2.22. The Morgan fingerprint density at radius 1 is 1.42 bits per heavy atom. The molecule has 0 N–H and O–H groups in total. The molecular formula is C19H17FN4OS. The second-order valence-corrected chi connectivity index (χ2v) is 7.39. The SMILES string of the molecule is CCN(Cc1cc(=O)n2c3c(sc2n1)CCC3C#N)c1ccc(F)cc1. The predicted molar refractivity (Wildman–Crippen MR) is 99.1 cm³/mol. The average Bonchev–Trinajstić information content (AvgIpc) is 3.19. The van der Waals surface area contributed by atoms with E-state index in [0.29, 0.717) is 23.7 Å². The van der Waals surface area contributed by atoms with Crippen LogP contribution < -0.4 is 10.5 Å². The summed E-state index contributed by atoms with van der Waals surface area (Å²) in [6.07, 6.45) is 1.60. The van der Waals surface area contributed by atoms with Crippen LogP contribution in [-0.4, -0.2) is 15.9 Å². The summed E-state index contributed by atoms with van der Waals surface area (Å²) in [5.41, 5.74) is 2.24. The van der Waals surface area contributed by atoms with E-state index >= 15 is 0 Å². The molecule has 0 saturated heterocycles. The van der Waals surface area contributed by atoms with Gasteiger partial charge in [-0.1, -0.05) is 0 Å². The Morgan fingerprint density at radius 3 is 2.88 bits per heavy atom. The van der Waals surface area contributed by atoms with Gasteiger partial charge in [0.15, 0.2) is 4.96 Å². The van der Waals surface area contributed by atoms with Gasteiger partial charge >= 0.3 is 0 Å². The molecule has 0 radical (unpaired) electrons. The molecule has 0 aliphatic heterocycles. The first-order chi connectivity index (χ1) is 12.6. The molecular weight excluding hydrogens is 351 g/mol. The highest BCUT2D eigenvalue weighted by molar-refractivity contribution is 7.17. The van der Waals surface area contributed by atoms with Crippen molar-refractivity contribution in [1.29, 1.82) is 5.26 Å². The number of benzene rings is 1. The van der Waals surface area contributed by atoms with E-state index in [9.17, 15) is 14.4 Å². The van der Waals surface area contributed by atoms with Gasteiger partial charge in [-0.25, -0.2) is 9.37 Å². The van der Waals surface area contributed by atoms with Crippen LogP contribution in [0.4, 0.5) is 10.1 Å². The van der Waals surface area contributed by atoms with Crippen molar-refractivity contribution in [2.24, 2.45) is 0 Å². The van der Waals surface area contributed by atoms with Crippen molar-refractivity contribution in [2.75, 3.05) is 11.4 Å². The summed E-state index contributed by atoms with van der Waals surface area (Å²) in [6, 6.07) is 10.1. The molecule has 26 heavy (non-hydrogen) atoms. The van der Waals surface area contributed by atoms with E-state index in [1.807, 2.05) is 11.8 Å². The second-order valence-electron chi connectivity index (χ2n) is 6.33. The van der Waals surface area contributed by atoms with Crippen molar-refractivity contribution in [3.8, 4) is 6.07 Å². The fourth-order valence-electron chi connectivity index (χ4n) is 3.47. The van der Waals surface area contributed by atoms with E-state index in [0.717, 1.165) is 29.1 Å². The fraction of sp³-hybridized carbons (Fsp3) is 0.316. The zero-order valence-electron chi connectivity index (χ0n) is 14.3. The van der Waals surface area contributed by atoms with E-state index in [1.165, 1.54) is 23.5 Å². The van der Waals surface area contributed by atoms with Crippen molar-refractivity contribution in [2.45, 2.75) is 32.2 Å². The Morgan fingerprint density at radius 2 is 2.19 bits per heavy atom. The van der Waals surface area contributed by atoms with Crippen LogP contribution in [0.25, 0.3) is 4.96 Å². The van der Waals surface area contributed by atoms with Crippen molar-refractivity contribution in [3.63, 3.8) is 0 Å². The molecule has 0 bridgehead atoms. The van der Waals surface area contributed by atoms with Gasteiger partial charge in [-0.3, -0.25) is 9.20 Å². The molecule has 5 nitrogen and oxygen atoms in total. The largest absolute Gasteiger partial charge is 0.366 e. The molecule has 1 atom stereocenters. The zero-order chi connectivity index (χ0) is 18.3. The monoisotopic (exact) mass is 368 g/mol. The number of nitrogens with zero attached hydrogens (tertiary/aromatic N) is 4. The molecule has 1 aliphatic carbocycles. The molecule has 1 aliphatic rings. The van der Waals surface area contributed by atoms with Gasteiger partial charge in [0.25, 0.3) is 5.56 Å². The van der Waals surface area contributed by atoms with Gasteiger partial charge < -0.3 is 4.90 Å². The van der Waals surface area contributed by atoms with Crippen LogP contribution in [0.15, 0.2) is 35.1 Å². The number of rotatable bonds is 4. The highest BCUT2D eigenvalue weighted by Gasteiger charge is 2.29. The van der Waals surface area contributed by atoms with Gasteiger partial charge in [-0.2, -0.15) is 5.26 Å². The quantitative estimate of drug-likeness (QED) is 0.707. The van der Waals surface area contributed by atoms with Crippen LogP contribution in [0.2, 0.25) is 0 Å². The first-order valence-electron chi connectivity index (χ1n) is 8.55. The summed E-state index contributed by atoms with van der Waals surface area (Å²) in [4.78, 5) is 21.1. The Labute approximate surface area is 154 Å². The normalized spacial score (nSPS) is 15.8. The number of aryl methyl sites for hydroxylation is 1. The molecule has 0 amide bonds. The molecule has 2 heterocycles. The molecule has 1 unspecified atom stereocenters. The van der Waals surface area contributed by atoms with Gasteiger partial charge in [0.2, 0.25) is 0 Å². The van der Waals surface area contributed by atoms with Crippen LogP contribution in [0.5, 0.6) is 0 Å². The summed E-state index contributed by atoms with van der Waals surface area (Å²) >= 11 is 1.50. The molecule has 0 spiro atoms. The minimum Gasteiger partial charge on any atom is -0.366 e. The van der Waals surface area contributed by atoms with E-state index in [1.54, 1.807) is 22.6 Å². The summed E-state index contributed by atoms with van der Waals surface area (Å²) in [5.74, 6) is -0.502. The van der Waals surface area contributed by atoms with Crippen LogP contribution in [0.3, 0.4) is 0 Å². The van der Waals surface area contributed by atoms with E-state index in [-0.39, 0.29) is 17.3 Å². The van der Waals surface area contributed by atoms with Crippen molar-refractivity contribution in [1.82, 2.24) is 9.38 Å². The fourth-order valence-corrected chi connectivity index (χ4v) is 4.69. The number of fused-ring (bicyclic) bond motifs is 3. The predicted octanol–water partition coefficient (Wildman–Crippen LogP) is 3.47.